The number of ether oxygens (including phenoxy) is 1. The molecule has 5 nitrogen and oxygen atoms in total. The molecule has 0 aliphatic heterocycles. The monoisotopic (exact) mass is 343 g/mol. The van der Waals surface area contributed by atoms with E-state index in [4.69, 9.17) is 9.84 Å². The number of aliphatic carboxylic acids is 1. The second-order valence-electron chi connectivity index (χ2n) is 4.73. The third-order valence-electron chi connectivity index (χ3n) is 2.69. The van der Waals surface area contributed by atoms with E-state index in [1.807, 2.05) is 19.1 Å². The van der Waals surface area contributed by atoms with Crippen molar-refractivity contribution in [1.29, 1.82) is 0 Å². The molecular weight excluding hydrogens is 326 g/mol. The average molecular weight is 344 g/mol. The minimum Gasteiger partial charge on any atom is -0.483 e. The third-order valence-corrected chi connectivity index (χ3v) is 3.31. The number of aryl methyl sites for hydroxylation is 1. The average Bonchev–Trinajstić information content (AvgIpc) is 2.34. The summed E-state index contributed by atoms with van der Waals surface area (Å²) in [6, 6.07) is 5.34. The van der Waals surface area contributed by atoms with Crippen LogP contribution in [0.25, 0.3) is 0 Å². The predicted molar refractivity (Wildman–Crippen MR) is 78.9 cm³/mol. The van der Waals surface area contributed by atoms with Crippen molar-refractivity contribution in [3.05, 3.63) is 28.2 Å². The lowest BCUT2D eigenvalue weighted by atomic mass is 10.2. The molecule has 0 saturated heterocycles. The smallest absolute Gasteiger partial charge is 0.323 e. The lowest BCUT2D eigenvalue weighted by molar-refractivity contribution is -0.146. The van der Waals surface area contributed by atoms with E-state index in [1.54, 1.807) is 19.9 Å². The van der Waals surface area contributed by atoms with Gasteiger partial charge < -0.3 is 14.7 Å². The van der Waals surface area contributed by atoms with Gasteiger partial charge in [0.05, 0.1) is 4.47 Å². The number of rotatable bonds is 6. The Labute approximate surface area is 126 Å². The van der Waals surface area contributed by atoms with Gasteiger partial charge in [0, 0.05) is 6.04 Å². The summed E-state index contributed by atoms with van der Waals surface area (Å²) in [5.41, 5.74) is 1.07. The molecule has 0 spiro atoms. The molecule has 0 bridgehead atoms. The van der Waals surface area contributed by atoms with Crippen LogP contribution in [-0.2, 0) is 9.59 Å². The minimum absolute atomic E-state index is 0.187. The van der Waals surface area contributed by atoms with E-state index in [2.05, 4.69) is 15.9 Å². The molecule has 0 aliphatic rings. The van der Waals surface area contributed by atoms with E-state index in [9.17, 15) is 9.59 Å². The Morgan fingerprint density at radius 3 is 2.55 bits per heavy atom. The maximum absolute atomic E-state index is 12.0. The second kappa shape index (κ2) is 7.28. The van der Waals surface area contributed by atoms with Gasteiger partial charge in [-0.05, 0) is 54.4 Å². The number of carbonyl (C=O) groups is 2. The van der Waals surface area contributed by atoms with Crippen LogP contribution in [0.2, 0.25) is 0 Å². The van der Waals surface area contributed by atoms with Gasteiger partial charge in [-0.3, -0.25) is 9.59 Å². The molecule has 0 unspecified atom stereocenters. The number of hydrogen-bond acceptors (Lipinski definition) is 3. The van der Waals surface area contributed by atoms with E-state index >= 15 is 0 Å². The number of halogens is 1. The number of amides is 1. The van der Waals surface area contributed by atoms with E-state index in [-0.39, 0.29) is 25.1 Å². The van der Waals surface area contributed by atoms with Crippen molar-refractivity contribution in [3.8, 4) is 5.75 Å². The Kier molecular flexibility index (Phi) is 6.01. The number of carboxylic acid groups (broad SMARTS) is 1. The van der Waals surface area contributed by atoms with Crippen LogP contribution in [0.5, 0.6) is 5.75 Å². The molecule has 1 rings (SSSR count). The number of nitrogens with zero attached hydrogens (tertiary/aromatic N) is 1. The first kappa shape index (κ1) is 16.5. The Morgan fingerprint density at radius 1 is 1.40 bits per heavy atom. The normalized spacial score (nSPS) is 10.4. The SMILES string of the molecule is Cc1ccc(OCC(=O)N(CC(=O)O)C(C)C)c(Br)c1. The van der Waals surface area contributed by atoms with Crippen LogP contribution >= 0.6 is 15.9 Å². The molecule has 0 heterocycles. The number of carboxylic acids is 1. The maximum Gasteiger partial charge on any atom is 0.323 e. The second-order valence-corrected chi connectivity index (χ2v) is 5.59. The fourth-order valence-corrected chi connectivity index (χ4v) is 2.26. The quantitative estimate of drug-likeness (QED) is 0.861. The molecule has 0 aliphatic carbocycles. The van der Waals surface area contributed by atoms with E-state index in [0.717, 1.165) is 10.0 Å². The number of hydrogen-bond donors (Lipinski definition) is 1. The summed E-state index contributed by atoms with van der Waals surface area (Å²) < 4.78 is 6.20. The first-order valence-corrected chi connectivity index (χ1v) is 7.00. The van der Waals surface area contributed by atoms with Gasteiger partial charge in [0.15, 0.2) is 6.61 Å². The zero-order valence-electron chi connectivity index (χ0n) is 11.7. The highest BCUT2D eigenvalue weighted by atomic mass is 79.9. The maximum atomic E-state index is 12.0. The zero-order valence-corrected chi connectivity index (χ0v) is 13.3. The molecule has 0 aromatic heterocycles. The van der Waals surface area contributed by atoms with Gasteiger partial charge in [0.1, 0.15) is 12.3 Å². The van der Waals surface area contributed by atoms with Gasteiger partial charge in [0.2, 0.25) is 0 Å². The highest BCUT2D eigenvalue weighted by Gasteiger charge is 2.20. The Morgan fingerprint density at radius 2 is 2.05 bits per heavy atom. The van der Waals surface area contributed by atoms with Gasteiger partial charge in [0.25, 0.3) is 5.91 Å². The Balaban J connectivity index is 2.67. The fraction of sp³-hybridized carbons (Fsp3) is 0.429. The predicted octanol–water partition coefficient (Wildman–Crippen LogP) is 2.46. The van der Waals surface area contributed by atoms with Crippen LogP contribution < -0.4 is 4.74 Å². The summed E-state index contributed by atoms with van der Waals surface area (Å²) >= 11 is 3.36. The number of benzene rings is 1. The Bertz CT molecular complexity index is 502. The fourth-order valence-electron chi connectivity index (χ4n) is 1.65. The number of carbonyl (C=O) groups excluding carboxylic acids is 1. The summed E-state index contributed by atoms with van der Waals surface area (Å²) in [4.78, 5) is 24.0. The van der Waals surface area contributed by atoms with Crippen LogP contribution in [0.4, 0.5) is 0 Å². The van der Waals surface area contributed by atoms with Gasteiger partial charge >= 0.3 is 5.97 Å². The Hall–Kier alpha value is -1.56. The van der Waals surface area contributed by atoms with Crippen molar-refractivity contribution in [2.75, 3.05) is 13.2 Å². The van der Waals surface area contributed by atoms with Crippen LogP contribution in [-0.4, -0.2) is 41.1 Å². The summed E-state index contributed by atoms with van der Waals surface area (Å²) in [5.74, 6) is -0.832. The molecule has 1 aromatic rings. The molecule has 1 amide bonds. The topological polar surface area (TPSA) is 66.8 Å². The van der Waals surface area contributed by atoms with Crippen LogP contribution in [0.3, 0.4) is 0 Å². The molecule has 110 valence electrons. The summed E-state index contributed by atoms with van der Waals surface area (Å²) in [7, 11) is 0. The highest BCUT2D eigenvalue weighted by molar-refractivity contribution is 9.10. The van der Waals surface area contributed by atoms with Gasteiger partial charge in [-0.1, -0.05) is 6.07 Å². The van der Waals surface area contributed by atoms with Crippen molar-refractivity contribution >= 4 is 27.8 Å². The molecule has 0 atom stereocenters. The first-order chi connectivity index (χ1) is 9.31. The highest BCUT2D eigenvalue weighted by Crippen LogP contribution is 2.25. The van der Waals surface area contributed by atoms with Crippen molar-refractivity contribution in [2.45, 2.75) is 26.8 Å². The minimum atomic E-state index is -1.04. The van der Waals surface area contributed by atoms with E-state index in [1.165, 1.54) is 4.90 Å². The first-order valence-electron chi connectivity index (χ1n) is 6.21. The summed E-state index contributed by atoms with van der Waals surface area (Å²) in [5, 5.41) is 8.80. The molecule has 1 N–H and O–H groups in total. The summed E-state index contributed by atoms with van der Waals surface area (Å²) in [6.45, 7) is 4.97. The molecule has 20 heavy (non-hydrogen) atoms. The lowest BCUT2D eigenvalue weighted by Gasteiger charge is -2.24. The standard InChI is InChI=1S/C14H18BrNO4/c1-9(2)16(7-14(18)19)13(17)8-20-12-5-4-10(3)6-11(12)15/h4-6,9H,7-8H2,1-3H3,(H,18,19). The molecular formula is C14H18BrNO4. The molecule has 0 saturated carbocycles. The molecule has 0 radical (unpaired) electrons. The van der Waals surface area contributed by atoms with Gasteiger partial charge in [-0.15, -0.1) is 0 Å². The van der Waals surface area contributed by atoms with Gasteiger partial charge in [-0.25, -0.2) is 0 Å². The van der Waals surface area contributed by atoms with E-state index in [0.29, 0.717) is 5.75 Å². The van der Waals surface area contributed by atoms with Crippen molar-refractivity contribution in [3.63, 3.8) is 0 Å². The van der Waals surface area contributed by atoms with E-state index < -0.39 is 5.97 Å². The third kappa shape index (κ3) is 4.85. The zero-order chi connectivity index (χ0) is 15.3. The van der Waals surface area contributed by atoms with Crippen LogP contribution in [0.15, 0.2) is 22.7 Å². The van der Waals surface area contributed by atoms with Crippen molar-refractivity contribution < 1.29 is 19.4 Å². The van der Waals surface area contributed by atoms with Crippen molar-refractivity contribution in [1.82, 2.24) is 4.90 Å². The van der Waals surface area contributed by atoms with Crippen LogP contribution in [0.1, 0.15) is 19.4 Å². The van der Waals surface area contributed by atoms with Gasteiger partial charge in [-0.2, -0.15) is 0 Å². The molecule has 1 aromatic carbocycles. The van der Waals surface area contributed by atoms with Crippen molar-refractivity contribution in [2.24, 2.45) is 0 Å². The largest absolute Gasteiger partial charge is 0.483 e. The molecule has 0 fully saturated rings. The lowest BCUT2D eigenvalue weighted by Crippen LogP contribution is -2.43. The molecule has 6 heteroatoms. The summed E-state index contributed by atoms with van der Waals surface area (Å²) in [6.07, 6.45) is 0. The van der Waals surface area contributed by atoms with Crippen LogP contribution in [0, 0.1) is 6.92 Å².